The van der Waals surface area contributed by atoms with Crippen LogP contribution in [0.3, 0.4) is 0 Å². The third kappa shape index (κ3) is 4.62. The minimum Gasteiger partial charge on any atom is -0.497 e. The number of carbonyl (C=O) groups is 1. The second-order valence-electron chi connectivity index (χ2n) is 7.61. The van der Waals surface area contributed by atoms with Crippen molar-refractivity contribution in [1.29, 1.82) is 0 Å². The Kier molecular flexibility index (Phi) is 6.52. The quantitative estimate of drug-likeness (QED) is 0.701. The fourth-order valence-electron chi connectivity index (χ4n) is 3.53. The summed E-state index contributed by atoms with van der Waals surface area (Å²) in [5, 5.41) is 0. The molecule has 0 atom stereocenters. The van der Waals surface area contributed by atoms with Crippen LogP contribution in [-0.4, -0.2) is 60.6 Å². The van der Waals surface area contributed by atoms with Crippen molar-refractivity contribution in [2.75, 3.05) is 33.9 Å². The van der Waals surface area contributed by atoms with E-state index < -0.39 is 0 Å². The second kappa shape index (κ2) is 9.06. The van der Waals surface area contributed by atoms with Crippen LogP contribution in [0.4, 0.5) is 0 Å². The lowest BCUT2D eigenvalue weighted by molar-refractivity contribution is 0.0195. The van der Waals surface area contributed by atoms with Gasteiger partial charge in [-0.15, -0.1) is 0 Å². The molecule has 28 heavy (non-hydrogen) atoms. The molecule has 0 spiro atoms. The Balaban J connectivity index is 1.66. The van der Waals surface area contributed by atoms with Crippen molar-refractivity contribution in [2.45, 2.75) is 26.4 Å². The van der Waals surface area contributed by atoms with E-state index in [-0.39, 0.29) is 5.91 Å². The van der Waals surface area contributed by atoms with Crippen molar-refractivity contribution in [3.8, 4) is 11.5 Å². The van der Waals surface area contributed by atoms with Crippen molar-refractivity contribution in [3.63, 3.8) is 0 Å². The van der Waals surface area contributed by atoms with E-state index in [0.717, 1.165) is 26.2 Å². The second-order valence-corrected chi connectivity index (χ2v) is 7.61. The number of amides is 1. The summed E-state index contributed by atoms with van der Waals surface area (Å²) in [5.41, 5.74) is 1.82. The molecule has 2 aromatic rings. The smallest absolute Gasteiger partial charge is 0.257 e. The molecule has 1 fully saturated rings. The molecule has 6 nitrogen and oxygen atoms in total. The van der Waals surface area contributed by atoms with Crippen molar-refractivity contribution in [3.05, 3.63) is 53.9 Å². The number of likely N-dealkylation sites (tertiary alicyclic amines) is 1. The molecule has 1 aliphatic heterocycles. The largest absolute Gasteiger partial charge is 0.497 e. The molecule has 0 unspecified atom stereocenters. The Morgan fingerprint density at radius 3 is 2.50 bits per heavy atom. The average Bonchev–Trinajstić information content (AvgIpc) is 2.66. The van der Waals surface area contributed by atoms with E-state index in [1.807, 2.05) is 17.3 Å². The topological polar surface area (TPSA) is 54.9 Å². The number of methoxy groups -OCH3 is 2. The monoisotopic (exact) mass is 383 g/mol. The van der Waals surface area contributed by atoms with Gasteiger partial charge >= 0.3 is 0 Å². The predicted octanol–water partition coefficient (Wildman–Crippen LogP) is 3.08. The van der Waals surface area contributed by atoms with Crippen LogP contribution < -0.4 is 9.47 Å². The average molecular weight is 383 g/mol. The molecule has 0 N–H and O–H groups in total. The van der Waals surface area contributed by atoms with Crippen molar-refractivity contribution < 1.29 is 14.3 Å². The molecule has 150 valence electrons. The van der Waals surface area contributed by atoms with Gasteiger partial charge in [0.2, 0.25) is 0 Å². The van der Waals surface area contributed by atoms with Crippen LogP contribution >= 0.6 is 0 Å². The van der Waals surface area contributed by atoms with E-state index in [9.17, 15) is 4.79 Å². The zero-order chi connectivity index (χ0) is 20.1. The Bertz CT molecular complexity index is 789. The van der Waals surface area contributed by atoms with E-state index >= 15 is 0 Å². The molecule has 1 saturated heterocycles. The lowest BCUT2D eigenvalue weighted by Gasteiger charge is -2.46. The Labute approximate surface area is 167 Å². The van der Waals surface area contributed by atoms with Crippen LogP contribution in [0, 0.1) is 5.92 Å². The molecular formula is C22H29N3O3. The number of carbonyl (C=O) groups excluding carboxylic acids is 1. The summed E-state index contributed by atoms with van der Waals surface area (Å²) in [6.45, 7) is 7.78. The normalized spacial score (nSPS) is 14.3. The molecule has 0 saturated carbocycles. The van der Waals surface area contributed by atoms with Crippen LogP contribution in [0.15, 0.2) is 42.7 Å². The van der Waals surface area contributed by atoms with Gasteiger partial charge in [-0.05, 0) is 35.7 Å². The first-order valence-corrected chi connectivity index (χ1v) is 9.66. The standard InChI is InChI=1S/C22H29N3O3/c1-16(2)12-24(13-17-7-9-23-10-8-17)18-14-25(15-18)22(26)20-6-5-19(27-3)11-21(20)28-4/h5-11,16,18H,12-15H2,1-4H3. The van der Waals surface area contributed by atoms with Crippen molar-refractivity contribution in [2.24, 2.45) is 5.92 Å². The van der Waals surface area contributed by atoms with Gasteiger partial charge < -0.3 is 14.4 Å². The van der Waals surface area contributed by atoms with E-state index in [1.54, 1.807) is 32.4 Å². The number of benzene rings is 1. The fraction of sp³-hybridized carbons (Fsp3) is 0.455. The number of rotatable bonds is 8. The number of hydrogen-bond acceptors (Lipinski definition) is 5. The number of aromatic nitrogens is 1. The molecule has 1 aromatic carbocycles. The highest BCUT2D eigenvalue weighted by Gasteiger charge is 2.36. The first kappa shape index (κ1) is 20.1. The molecule has 1 aliphatic rings. The van der Waals surface area contributed by atoms with Crippen LogP contribution in [0.25, 0.3) is 0 Å². The summed E-state index contributed by atoms with van der Waals surface area (Å²) in [6.07, 6.45) is 3.66. The van der Waals surface area contributed by atoms with Gasteiger partial charge in [0.1, 0.15) is 11.5 Å². The minimum absolute atomic E-state index is 0.00385. The maximum atomic E-state index is 12.9. The highest BCUT2D eigenvalue weighted by Crippen LogP contribution is 2.28. The molecule has 1 aromatic heterocycles. The van der Waals surface area contributed by atoms with E-state index in [4.69, 9.17) is 9.47 Å². The maximum Gasteiger partial charge on any atom is 0.257 e. The van der Waals surface area contributed by atoms with E-state index in [1.165, 1.54) is 5.56 Å². The van der Waals surface area contributed by atoms with Gasteiger partial charge in [-0.1, -0.05) is 13.8 Å². The molecular weight excluding hydrogens is 354 g/mol. The van der Waals surface area contributed by atoms with Gasteiger partial charge in [0.15, 0.2) is 0 Å². The summed E-state index contributed by atoms with van der Waals surface area (Å²) >= 11 is 0. The molecule has 0 radical (unpaired) electrons. The number of ether oxygens (including phenoxy) is 2. The summed E-state index contributed by atoms with van der Waals surface area (Å²) < 4.78 is 10.6. The predicted molar refractivity (Wildman–Crippen MR) is 109 cm³/mol. The lowest BCUT2D eigenvalue weighted by Crippen LogP contribution is -2.61. The molecule has 2 heterocycles. The zero-order valence-corrected chi connectivity index (χ0v) is 17.1. The Morgan fingerprint density at radius 2 is 1.89 bits per heavy atom. The molecule has 1 amide bonds. The Morgan fingerprint density at radius 1 is 1.18 bits per heavy atom. The summed E-state index contributed by atoms with van der Waals surface area (Å²) in [7, 11) is 3.17. The first-order chi connectivity index (χ1) is 13.5. The lowest BCUT2D eigenvalue weighted by atomic mass is 10.0. The first-order valence-electron chi connectivity index (χ1n) is 9.66. The van der Waals surface area contributed by atoms with Crippen LogP contribution in [0.5, 0.6) is 11.5 Å². The van der Waals surface area contributed by atoms with Crippen LogP contribution in [0.1, 0.15) is 29.8 Å². The molecule has 3 rings (SSSR count). The SMILES string of the molecule is COc1ccc(C(=O)N2CC(N(Cc3ccncc3)CC(C)C)C2)c(OC)c1. The van der Waals surface area contributed by atoms with Gasteiger partial charge in [0, 0.05) is 50.7 Å². The molecule has 0 bridgehead atoms. The third-order valence-electron chi connectivity index (χ3n) is 5.04. The molecule has 0 aliphatic carbocycles. The summed E-state index contributed by atoms with van der Waals surface area (Å²) in [4.78, 5) is 21.4. The Hall–Kier alpha value is -2.60. The van der Waals surface area contributed by atoms with Gasteiger partial charge in [0.25, 0.3) is 5.91 Å². The highest BCUT2D eigenvalue weighted by molar-refractivity contribution is 5.97. The number of nitrogens with zero attached hydrogens (tertiary/aromatic N) is 3. The van der Waals surface area contributed by atoms with Gasteiger partial charge in [-0.25, -0.2) is 0 Å². The minimum atomic E-state index is 0.00385. The maximum absolute atomic E-state index is 12.9. The van der Waals surface area contributed by atoms with E-state index in [2.05, 4.69) is 35.9 Å². The van der Waals surface area contributed by atoms with Crippen molar-refractivity contribution in [1.82, 2.24) is 14.8 Å². The van der Waals surface area contributed by atoms with Gasteiger partial charge in [0.05, 0.1) is 19.8 Å². The number of hydrogen-bond donors (Lipinski definition) is 0. The molecule has 6 heteroatoms. The van der Waals surface area contributed by atoms with E-state index in [0.29, 0.717) is 29.0 Å². The van der Waals surface area contributed by atoms with Crippen LogP contribution in [-0.2, 0) is 6.54 Å². The number of pyridine rings is 1. The third-order valence-corrected chi connectivity index (χ3v) is 5.04. The summed E-state index contributed by atoms with van der Waals surface area (Å²) in [6, 6.07) is 9.79. The summed E-state index contributed by atoms with van der Waals surface area (Å²) in [5.74, 6) is 1.79. The van der Waals surface area contributed by atoms with Gasteiger partial charge in [-0.3, -0.25) is 14.7 Å². The van der Waals surface area contributed by atoms with Crippen molar-refractivity contribution >= 4 is 5.91 Å². The highest BCUT2D eigenvalue weighted by atomic mass is 16.5. The van der Waals surface area contributed by atoms with Crippen LogP contribution in [0.2, 0.25) is 0 Å². The fourth-order valence-corrected chi connectivity index (χ4v) is 3.53. The van der Waals surface area contributed by atoms with Gasteiger partial charge in [-0.2, -0.15) is 0 Å². The zero-order valence-electron chi connectivity index (χ0n) is 17.1.